The molecule has 0 bridgehead atoms. The molecule has 0 spiro atoms. The molecule has 1 saturated heterocycles. The summed E-state index contributed by atoms with van der Waals surface area (Å²) in [4.78, 5) is 4.68. The maximum Gasteiger partial charge on any atom is 0.123 e. The number of hydrogen-bond donors (Lipinski definition) is 1. The molecular weight excluding hydrogens is 243 g/mol. The van der Waals surface area contributed by atoms with E-state index in [1.54, 1.807) is 13.0 Å². The Balaban J connectivity index is 2.23. The fraction of sp³-hybridized carbons (Fsp3) is 0.600. The first-order chi connectivity index (χ1) is 9.02. The number of anilines is 1. The van der Waals surface area contributed by atoms with E-state index in [-0.39, 0.29) is 5.82 Å². The molecule has 1 unspecified atom stereocenters. The smallest absolute Gasteiger partial charge is 0.123 e. The maximum atomic E-state index is 13.3. The van der Waals surface area contributed by atoms with Crippen molar-refractivity contribution in [2.75, 3.05) is 31.1 Å². The summed E-state index contributed by atoms with van der Waals surface area (Å²) >= 11 is 0. The molecular formula is C15H23FN2O. The zero-order valence-corrected chi connectivity index (χ0v) is 11.9. The van der Waals surface area contributed by atoms with Crippen LogP contribution in [-0.4, -0.2) is 42.2 Å². The molecule has 3 nitrogen and oxygen atoms in total. The van der Waals surface area contributed by atoms with Gasteiger partial charge in [-0.3, -0.25) is 4.90 Å². The Morgan fingerprint density at radius 2 is 2.16 bits per heavy atom. The van der Waals surface area contributed by atoms with E-state index in [1.165, 1.54) is 12.1 Å². The van der Waals surface area contributed by atoms with Gasteiger partial charge in [-0.25, -0.2) is 4.39 Å². The van der Waals surface area contributed by atoms with Gasteiger partial charge in [-0.15, -0.1) is 0 Å². The molecule has 0 amide bonds. The number of aliphatic hydroxyl groups is 1. The predicted octanol–water partition coefficient (Wildman–Crippen LogP) is 2.41. The minimum Gasteiger partial charge on any atom is -0.389 e. The predicted molar refractivity (Wildman–Crippen MR) is 76.0 cm³/mol. The van der Waals surface area contributed by atoms with Gasteiger partial charge >= 0.3 is 0 Å². The fourth-order valence-electron chi connectivity index (χ4n) is 2.83. The molecule has 0 aromatic heterocycles. The zero-order chi connectivity index (χ0) is 14.0. The van der Waals surface area contributed by atoms with Gasteiger partial charge < -0.3 is 10.0 Å². The van der Waals surface area contributed by atoms with Crippen LogP contribution in [0, 0.1) is 5.82 Å². The Morgan fingerprint density at radius 1 is 1.42 bits per heavy atom. The summed E-state index contributed by atoms with van der Waals surface area (Å²) in [6.45, 7) is 9.97. The van der Waals surface area contributed by atoms with E-state index >= 15 is 0 Å². The van der Waals surface area contributed by atoms with Gasteiger partial charge in [0.05, 0.1) is 6.10 Å². The highest BCUT2D eigenvalue weighted by molar-refractivity contribution is 5.55. The molecule has 4 heteroatoms. The van der Waals surface area contributed by atoms with Crippen LogP contribution in [0.15, 0.2) is 18.2 Å². The second-order valence-corrected chi connectivity index (χ2v) is 5.30. The van der Waals surface area contributed by atoms with Crippen LogP contribution in [0.1, 0.15) is 32.4 Å². The topological polar surface area (TPSA) is 26.7 Å². The van der Waals surface area contributed by atoms with Crippen LogP contribution in [0.2, 0.25) is 0 Å². The van der Waals surface area contributed by atoms with Crippen LogP contribution in [0.25, 0.3) is 0 Å². The summed E-state index contributed by atoms with van der Waals surface area (Å²) in [5.74, 6) is -0.292. The molecule has 1 aliphatic heterocycles. The average Bonchev–Trinajstić information content (AvgIpc) is 2.38. The van der Waals surface area contributed by atoms with Gasteiger partial charge in [0.15, 0.2) is 0 Å². The summed E-state index contributed by atoms with van der Waals surface area (Å²) in [5.41, 5.74) is 1.64. The summed E-state index contributed by atoms with van der Waals surface area (Å²) in [5, 5.41) is 9.82. The van der Waals surface area contributed by atoms with Crippen molar-refractivity contribution >= 4 is 5.69 Å². The van der Waals surface area contributed by atoms with Crippen molar-refractivity contribution in [2.24, 2.45) is 0 Å². The lowest BCUT2D eigenvalue weighted by molar-refractivity contribution is 0.192. The standard InChI is InChI=1S/C15H23FN2O/c1-4-17-7-8-18(10-11(17)2)15-6-5-13(16)9-14(15)12(3)19/h5-6,9,11-12,19H,4,7-8,10H2,1-3H3/t11?,12-/m0/s1. The largest absolute Gasteiger partial charge is 0.389 e. The average molecular weight is 266 g/mol. The molecule has 19 heavy (non-hydrogen) atoms. The normalized spacial score (nSPS) is 22.6. The summed E-state index contributed by atoms with van der Waals surface area (Å²) in [6.07, 6.45) is -0.648. The molecule has 1 heterocycles. The van der Waals surface area contributed by atoms with Crippen molar-refractivity contribution in [1.82, 2.24) is 4.90 Å². The Morgan fingerprint density at radius 3 is 2.74 bits per heavy atom. The molecule has 0 saturated carbocycles. The third-order valence-corrected chi connectivity index (χ3v) is 3.95. The highest BCUT2D eigenvalue weighted by Gasteiger charge is 2.24. The summed E-state index contributed by atoms with van der Waals surface area (Å²) in [6, 6.07) is 5.17. The lowest BCUT2D eigenvalue weighted by Gasteiger charge is -2.41. The van der Waals surface area contributed by atoms with Gasteiger partial charge in [0.25, 0.3) is 0 Å². The van der Waals surface area contributed by atoms with Crippen molar-refractivity contribution in [2.45, 2.75) is 32.9 Å². The molecule has 0 aliphatic carbocycles. The molecule has 2 rings (SSSR count). The Hall–Kier alpha value is -1.13. The van der Waals surface area contributed by atoms with E-state index in [4.69, 9.17) is 0 Å². The van der Waals surface area contributed by atoms with E-state index in [0.717, 1.165) is 31.9 Å². The highest BCUT2D eigenvalue weighted by atomic mass is 19.1. The van der Waals surface area contributed by atoms with Crippen LogP contribution in [0.4, 0.5) is 10.1 Å². The van der Waals surface area contributed by atoms with E-state index in [9.17, 15) is 9.50 Å². The molecule has 106 valence electrons. The maximum absolute atomic E-state index is 13.3. The fourth-order valence-corrected chi connectivity index (χ4v) is 2.83. The van der Waals surface area contributed by atoms with Gasteiger partial charge in [-0.1, -0.05) is 6.92 Å². The number of likely N-dealkylation sites (N-methyl/N-ethyl adjacent to an activating group) is 1. The molecule has 1 N–H and O–H groups in total. The molecule has 1 aromatic rings. The van der Waals surface area contributed by atoms with Gasteiger partial charge in [0.2, 0.25) is 0 Å². The number of hydrogen-bond acceptors (Lipinski definition) is 3. The van der Waals surface area contributed by atoms with Crippen molar-refractivity contribution in [1.29, 1.82) is 0 Å². The number of rotatable bonds is 3. The van der Waals surface area contributed by atoms with Crippen molar-refractivity contribution < 1.29 is 9.50 Å². The van der Waals surface area contributed by atoms with Crippen molar-refractivity contribution in [3.05, 3.63) is 29.6 Å². The molecule has 0 radical (unpaired) electrons. The third kappa shape index (κ3) is 3.07. The third-order valence-electron chi connectivity index (χ3n) is 3.95. The Labute approximate surface area is 114 Å². The van der Waals surface area contributed by atoms with Gasteiger partial charge in [0.1, 0.15) is 5.82 Å². The second kappa shape index (κ2) is 5.88. The quantitative estimate of drug-likeness (QED) is 0.910. The first-order valence-corrected chi connectivity index (χ1v) is 6.99. The van der Waals surface area contributed by atoms with E-state index < -0.39 is 6.10 Å². The minimum absolute atomic E-state index is 0.292. The Kier molecular flexibility index (Phi) is 4.42. The number of halogens is 1. The molecule has 1 fully saturated rings. The van der Waals surface area contributed by atoms with Crippen LogP contribution in [0.5, 0.6) is 0 Å². The monoisotopic (exact) mass is 266 g/mol. The first kappa shape index (κ1) is 14.3. The molecule has 2 atom stereocenters. The minimum atomic E-state index is -0.648. The zero-order valence-electron chi connectivity index (χ0n) is 11.9. The SMILES string of the molecule is CCN1CCN(c2ccc(F)cc2[C@H](C)O)CC1C. The van der Waals surface area contributed by atoms with Crippen LogP contribution in [-0.2, 0) is 0 Å². The number of piperazine rings is 1. The van der Waals surface area contributed by atoms with Gasteiger partial charge in [-0.05, 0) is 38.6 Å². The van der Waals surface area contributed by atoms with E-state index in [0.29, 0.717) is 11.6 Å². The molecule has 1 aromatic carbocycles. The second-order valence-electron chi connectivity index (χ2n) is 5.30. The number of aliphatic hydroxyl groups excluding tert-OH is 1. The number of nitrogens with zero attached hydrogens (tertiary/aromatic N) is 2. The van der Waals surface area contributed by atoms with E-state index in [2.05, 4.69) is 23.6 Å². The van der Waals surface area contributed by atoms with Gasteiger partial charge in [-0.2, -0.15) is 0 Å². The first-order valence-electron chi connectivity index (χ1n) is 6.99. The number of benzene rings is 1. The van der Waals surface area contributed by atoms with Crippen LogP contribution < -0.4 is 4.90 Å². The van der Waals surface area contributed by atoms with Crippen LogP contribution in [0.3, 0.4) is 0 Å². The summed E-state index contributed by atoms with van der Waals surface area (Å²) in [7, 11) is 0. The Bertz CT molecular complexity index is 436. The van der Waals surface area contributed by atoms with Gasteiger partial charge in [0, 0.05) is 36.9 Å². The summed E-state index contributed by atoms with van der Waals surface area (Å²) < 4.78 is 13.3. The lowest BCUT2D eigenvalue weighted by Crippen LogP contribution is -2.52. The lowest BCUT2D eigenvalue weighted by atomic mass is 10.0. The highest BCUT2D eigenvalue weighted by Crippen LogP contribution is 2.29. The van der Waals surface area contributed by atoms with Crippen LogP contribution >= 0.6 is 0 Å². The van der Waals surface area contributed by atoms with Crippen molar-refractivity contribution in [3.8, 4) is 0 Å². The van der Waals surface area contributed by atoms with E-state index in [1.807, 2.05) is 0 Å². The van der Waals surface area contributed by atoms with Crippen molar-refractivity contribution in [3.63, 3.8) is 0 Å². The molecule has 1 aliphatic rings.